The smallest absolute Gasteiger partial charge is 0.240 e. The predicted molar refractivity (Wildman–Crippen MR) is 95.8 cm³/mol. The molecular formula is C19H16N2O3S. The second kappa shape index (κ2) is 7.34. The number of para-hydroxylation sites is 1. The van der Waals surface area contributed by atoms with Crippen LogP contribution < -0.4 is 9.46 Å². The number of benzene rings is 3. The zero-order valence-corrected chi connectivity index (χ0v) is 14.2. The number of nitriles is 1. The van der Waals surface area contributed by atoms with E-state index in [2.05, 4.69) is 4.72 Å². The van der Waals surface area contributed by atoms with Crippen molar-refractivity contribution in [2.45, 2.75) is 4.90 Å². The normalized spacial score (nSPS) is 11.2. The van der Waals surface area contributed by atoms with Crippen molar-refractivity contribution in [2.75, 3.05) is 13.2 Å². The van der Waals surface area contributed by atoms with Gasteiger partial charge in [-0.3, -0.25) is 0 Å². The van der Waals surface area contributed by atoms with Gasteiger partial charge in [-0.1, -0.05) is 42.5 Å². The first-order valence-electron chi connectivity index (χ1n) is 7.70. The molecule has 3 rings (SSSR count). The molecule has 0 fully saturated rings. The van der Waals surface area contributed by atoms with Crippen molar-refractivity contribution in [3.05, 3.63) is 72.3 Å². The maximum atomic E-state index is 12.4. The number of hydrogen-bond acceptors (Lipinski definition) is 4. The fourth-order valence-electron chi connectivity index (χ4n) is 2.44. The van der Waals surface area contributed by atoms with Gasteiger partial charge in [-0.25, -0.2) is 13.1 Å². The molecule has 25 heavy (non-hydrogen) atoms. The largest absolute Gasteiger partial charge is 0.491 e. The lowest BCUT2D eigenvalue weighted by atomic mass is 10.1. The summed E-state index contributed by atoms with van der Waals surface area (Å²) in [5.74, 6) is 0.440. The third-order valence-electron chi connectivity index (χ3n) is 3.69. The summed E-state index contributed by atoms with van der Waals surface area (Å²) in [4.78, 5) is 0.212. The summed E-state index contributed by atoms with van der Waals surface area (Å²) in [6, 6.07) is 21.4. The number of sulfonamides is 1. The van der Waals surface area contributed by atoms with Gasteiger partial charge in [0.2, 0.25) is 10.0 Å². The van der Waals surface area contributed by atoms with E-state index in [4.69, 9.17) is 10.00 Å². The van der Waals surface area contributed by atoms with E-state index in [1.165, 1.54) is 0 Å². The maximum absolute atomic E-state index is 12.4. The number of ether oxygens (including phenoxy) is 1. The van der Waals surface area contributed by atoms with Crippen LogP contribution >= 0.6 is 0 Å². The highest BCUT2D eigenvalue weighted by Gasteiger charge is 2.14. The zero-order valence-electron chi connectivity index (χ0n) is 13.3. The molecule has 0 unspecified atom stereocenters. The molecule has 0 aliphatic rings. The molecule has 0 saturated heterocycles. The molecule has 0 spiro atoms. The first-order valence-corrected chi connectivity index (χ1v) is 9.19. The Labute approximate surface area is 146 Å². The molecule has 0 aliphatic carbocycles. The highest BCUT2D eigenvalue weighted by molar-refractivity contribution is 7.89. The van der Waals surface area contributed by atoms with Gasteiger partial charge >= 0.3 is 0 Å². The average Bonchev–Trinajstić information content (AvgIpc) is 2.65. The van der Waals surface area contributed by atoms with Gasteiger partial charge in [0.15, 0.2) is 0 Å². The van der Waals surface area contributed by atoms with E-state index in [1.807, 2.05) is 30.3 Å². The lowest BCUT2D eigenvalue weighted by Crippen LogP contribution is -2.28. The summed E-state index contributed by atoms with van der Waals surface area (Å²) in [5.41, 5.74) is 0.417. The molecule has 3 aromatic carbocycles. The van der Waals surface area contributed by atoms with Crippen LogP contribution in [0, 0.1) is 11.3 Å². The number of nitrogens with zero attached hydrogens (tertiary/aromatic N) is 1. The molecule has 0 aromatic heterocycles. The van der Waals surface area contributed by atoms with Crippen LogP contribution in [-0.4, -0.2) is 21.6 Å². The third-order valence-corrected chi connectivity index (χ3v) is 5.15. The Morgan fingerprint density at radius 3 is 2.48 bits per heavy atom. The second-order valence-electron chi connectivity index (χ2n) is 5.36. The summed E-state index contributed by atoms with van der Waals surface area (Å²) >= 11 is 0. The molecule has 3 aromatic rings. The standard InChI is InChI=1S/C19H16N2O3S/c20-14-17-7-3-4-8-19(17)24-12-11-21-25(22,23)18-10-9-15-5-1-2-6-16(15)13-18/h1-10,13,21H,11-12H2. The van der Waals surface area contributed by atoms with Crippen molar-refractivity contribution in [1.82, 2.24) is 4.72 Å². The molecular weight excluding hydrogens is 336 g/mol. The van der Waals surface area contributed by atoms with Crippen LogP contribution in [0.25, 0.3) is 10.8 Å². The summed E-state index contributed by atoms with van der Waals surface area (Å²) in [5, 5.41) is 10.8. The Morgan fingerprint density at radius 1 is 0.960 bits per heavy atom. The van der Waals surface area contributed by atoms with Gasteiger partial charge in [-0.05, 0) is 35.0 Å². The fourth-order valence-corrected chi connectivity index (χ4v) is 3.49. The average molecular weight is 352 g/mol. The first kappa shape index (κ1) is 17.0. The van der Waals surface area contributed by atoms with Crippen molar-refractivity contribution in [3.8, 4) is 11.8 Å². The van der Waals surface area contributed by atoms with Gasteiger partial charge in [0.1, 0.15) is 18.4 Å². The molecule has 6 heteroatoms. The maximum Gasteiger partial charge on any atom is 0.240 e. The Balaban J connectivity index is 1.64. The van der Waals surface area contributed by atoms with Crippen LogP contribution in [0.4, 0.5) is 0 Å². The topological polar surface area (TPSA) is 79.2 Å². The Hall–Kier alpha value is -2.88. The summed E-state index contributed by atoms with van der Waals surface area (Å²) in [6.45, 7) is 0.237. The molecule has 0 amide bonds. The van der Waals surface area contributed by atoms with E-state index in [1.54, 1.807) is 42.5 Å². The van der Waals surface area contributed by atoms with Gasteiger partial charge in [0.25, 0.3) is 0 Å². The van der Waals surface area contributed by atoms with Gasteiger partial charge < -0.3 is 4.74 Å². The van der Waals surface area contributed by atoms with Crippen molar-refractivity contribution < 1.29 is 13.2 Å². The van der Waals surface area contributed by atoms with Crippen LogP contribution in [0.1, 0.15) is 5.56 Å². The highest BCUT2D eigenvalue weighted by Crippen LogP contribution is 2.19. The SMILES string of the molecule is N#Cc1ccccc1OCCNS(=O)(=O)c1ccc2ccccc2c1. The van der Waals surface area contributed by atoms with Crippen LogP contribution in [-0.2, 0) is 10.0 Å². The molecule has 0 atom stereocenters. The minimum Gasteiger partial charge on any atom is -0.491 e. The van der Waals surface area contributed by atoms with E-state index in [-0.39, 0.29) is 18.0 Å². The summed E-state index contributed by atoms with van der Waals surface area (Å²) < 4.78 is 32.8. The van der Waals surface area contributed by atoms with Crippen LogP contribution in [0.3, 0.4) is 0 Å². The zero-order chi connectivity index (χ0) is 17.7. The first-order chi connectivity index (χ1) is 12.1. The Morgan fingerprint density at radius 2 is 1.68 bits per heavy atom. The molecule has 126 valence electrons. The van der Waals surface area contributed by atoms with E-state index < -0.39 is 10.0 Å². The summed E-state index contributed by atoms with van der Waals surface area (Å²) in [7, 11) is -3.62. The van der Waals surface area contributed by atoms with E-state index in [0.717, 1.165) is 10.8 Å². The van der Waals surface area contributed by atoms with Crippen LogP contribution in [0.5, 0.6) is 5.75 Å². The molecule has 5 nitrogen and oxygen atoms in total. The second-order valence-corrected chi connectivity index (χ2v) is 7.13. The van der Waals surface area contributed by atoms with E-state index in [0.29, 0.717) is 11.3 Å². The van der Waals surface area contributed by atoms with Crippen molar-refractivity contribution in [3.63, 3.8) is 0 Å². The third kappa shape index (κ3) is 3.97. The number of fused-ring (bicyclic) bond motifs is 1. The number of rotatable bonds is 6. The number of nitrogens with one attached hydrogen (secondary N) is 1. The van der Waals surface area contributed by atoms with Crippen molar-refractivity contribution >= 4 is 20.8 Å². The number of hydrogen-bond donors (Lipinski definition) is 1. The minimum atomic E-state index is -3.62. The lowest BCUT2D eigenvalue weighted by Gasteiger charge is -2.10. The van der Waals surface area contributed by atoms with Gasteiger partial charge in [-0.15, -0.1) is 0 Å². The minimum absolute atomic E-state index is 0.106. The molecule has 0 aliphatic heterocycles. The predicted octanol–water partition coefficient (Wildman–Crippen LogP) is 3.07. The molecule has 0 radical (unpaired) electrons. The highest BCUT2D eigenvalue weighted by atomic mass is 32.2. The fraction of sp³-hybridized carbons (Fsp3) is 0.105. The van der Waals surface area contributed by atoms with E-state index in [9.17, 15) is 8.42 Å². The van der Waals surface area contributed by atoms with Crippen LogP contribution in [0.2, 0.25) is 0 Å². The lowest BCUT2D eigenvalue weighted by molar-refractivity contribution is 0.322. The quantitative estimate of drug-likeness (QED) is 0.692. The Bertz CT molecular complexity index is 1040. The molecule has 0 heterocycles. The summed E-state index contributed by atoms with van der Waals surface area (Å²) in [6.07, 6.45) is 0. The van der Waals surface area contributed by atoms with Crippen molar-refractivity contribution in [1.29, 1.82) is 5.26 Å². The molecule has 0 saturated carbocycles. The van der Waals surface area contributed by atoms with E-state index >= 15 is 0 Å². The monoisotopic (exact) mass is 352 g/mol. The van der Waals surface area contributed by atoms with Crippen LogP contribution in [0.15, 0.2) is 71.6 Å². The van der Waals surface area contributed by atoms with Gasteiger partial charge in [-0.2, -0.15) is 5.26 Å². The van der Waals surface area contributed by atoms with Gasteiger partial charge in [0.05, 0.1) is 10.5 Å². The Kier molecular flexibility index (Phi) is 4.98. The molecule has 1 N–H and O–H groups in total. The van der Waals surface area contributed by atoms with Gasteiger partial charge in [0, 0.05) is 6.54 Å². The molecule has 0 bridgehead atoms. The van der Waals surface area contributed by atoms with Crippen molar-refractivity contribution in [2.24, 2.45) is 0 Å².